The number of carboxylic acids is 1. The van der Waals surface area contributed by atoms with E-state index in [4.69, 9.17) is 5.11 Å². The molecule has 3 N–H and O–H groups in total. The quantitative estimate of drug-likeness (QED) is 0.697. The lowest BCUT2D eigenvalue weighted by Crippen LogP contribution is -2.54. The molecule has 3 rings (SSSR count). The Hall–Kier alpha value is -1.89. The molecule has 1 amide bonds. The fraction of sp³-hybridized carbons (Fsp3) is 0.667. The number of amides is 1. The van der Waals surface area contributed by atoms with E-state index in [1.54, 1.807) is 0 Å². The highest BCUT2D eigenvalue weighted by Gasteiger charge is 2.35. The standard InChI is InChI=1S/C15H22N4O3/c1-2-19(8-14(20)21)11-5-10(6-11)16-15(22)13-7-12(17-18-13)9-3-4-9/h7,9-11H,2-6,8H2,1H3,(H,16,22)(H,17,18)(H,20,21). The number of hydrogen-bond acceptors (Lipinski definition) is 4. The van der Waals surface area contributed by atoms with Crippen LogP contribution in [-0.4, -0.2) is 57.3 Å². The average molecular weight is 306 g/mol. The van der Waals surface area contributed by atoms with Crippen LogP contribution in [0.5, 0.6) is 0 Å². The zero-order chi connectivity index (χ0) is 15.7. The van der Waals surface area contributed by atoms with Gasteiger partial charge >= 0.3 is 5.97 Å². The van der Waals surface area contributed by atoms with E-state index in [-0.39, 0.29) is 24.5 Å². The molecule has 0 aliphatic heterocycles. The molecule has 0 atom stereocenters. The molecule has 1 aromatic rings. The van der Waals surface area contributed by atoms with Crippen LogP contribution >= 0.6 is 0 Å². The van der Waals surface area contributed by atoms with Gasteiger partial charge in [0.25, 0.3) is 5.91 Å². The normalized spacial score (nSPS) is 24.1. The van der Waals surface area contributed by atoms with Crippen molar-refractivity contribution >= 4 is 11.9 Å². The van der Waals surface area contributed by atoms with Crippen LogP contribution in [0.1, 0.15) is 54.7 Å². The molecule has 120 valence electrons. The Labute approximate surface area is 129 Å². The van der Waals surface area contributed by atoms with Crippen molar-refractivity contribution in [1.82, 2.24) is 20.4 Å². The number of aromatic nitrogens is 2. The van der Waals surface area contributed by atoms with E-state index in [0.29, 0.717) is 18.2 Å². The Bertz CT molecular complexity index is 561. The number of aromatic amines is 1. The average Bonchev–Trinajstić information content (AvgIpc) is 3.17. The molecule has 0 unspecified atom stereocenters. The Kier molecular flexibility index (Phi) is 4.15. The van der Waals surface area contributed by atoms with Gasteiger partial charge in [0.05, 0.1) is 6.54 Å². The van der Waals surface area contributed by atoms with Gasteiger partial charge in [0.15, 0.2) is 0 Å². The van der Waals surface area contributed by atoms with Gasteiger partial charge in [0.1, 0.15) is 5.69 Å². The molecule has 0 radical (unpaired) electrons. The van der Waals surface area contributed by atoms with Gasteiger partial charge in [-0.1, -0.05) is 6.92 Å². The van der Waals surface area contributed by atoms with E-state index in [1.165, 1.54) is 12.8 Å². The number of nitrogens with one attached hydrogen (secondary N) is 2. The summed E-state index contributed by atoms with van der Waals surface area (Å²) in [5, 5.41) is 18.8. The van der Waals surface area contributed by atoms with E-state index < -0.39 is 5.97 Å². The first-order chi connectivity index (χ1) is 10.6. The largest absolute Gasteiger partial charge is 0.480 e. The van der Waals surface area contributed by atoms with Crippen LogP contribution in [0.15, 0.2) is 6.07 Å². The summed E-state index contributed by atoms with van der Waals surface area (Å²) in [7, 11) is 0. The van der Waals surface area contributed by atoms with Crippen molar-refractivity contribution in [2.75, 3.05) is 13.1 Å². The predicted octanol–water partition coefficient (Wildman–Crippen LogP) is 0.954. The molecule has 2 aliphatic carbocycles. The summed E-state index contributed by atoms with van der Waals surface area (Å²) in [6.45, 7) is 2.73. The molecule has 0 aromatic carbocycles. The fourth-order valence-electron chi connectivity index (χ4n) is 2.99. The third kappa shape index (κ3) is 3.30. The summed E-state index contributed by atoms with van der Waals surface area (Å²) >= 11 is 0. The van der Waals surface area contributed by atoms with Gasteiger partial charge in [-0.05, 0) is 38.3 Å². The number of aliphatic carboxylic acids is 1. The molecule has 2 fully saturated rings. The first-order valence-electron chi connectivity index (χ1n) is 7.88. The first kappa shape index (κ1) is 15.0. The second-order valence-corrected chi connectivity index (χ2v) is 6.24. The third-order valence-corrected chi connectivity index (χ3v) is 4.56. The van der Waals surface area contributed by atoms with Crippen LogP contribution in [0.4, 0.5) is 0 Å². The van der Waals surface area contributed by atoms with Crippen molar-refractivity contribution in [3.05, 3.63) is 17.5 Å². The number of carbonyl (C=O) groups is 2. The number of H-pyrrole nitrogens is 1. The molecule has 0 spiro atoms. The van der Waals surface area contributed by atoms with Crippen LogP contribution in [0.3, 0.4) is 0 Å². The molecule has 2 aliphatic rings. The Morgan fingerprint density at radius 3 is 2.77 bits per heavy atom. The molecule has 2 saturated carbocycles. The summed E-state index contributed by atoms with van der Waals surface area (Å²) in [6, 6.07) is 2.19. The smallest absolute Gasteiger partial charge is 0.317 e. The van der Waals surface area contributed by atoms with Crippen molar-refractivity contribution < 1.29 is 14.7 Å². The van der Waals surface area contributed by atoms with Crippen molar-refractivity contribution in [2.24, 2.45) is 0 Å². The zero-order valence-electron chi connectivity index (χ0n) is 12.7. The van der Waals surface area contributed by atoms with E-state index in [2.05, 4.69) is 15.5 Å². The highest BCUT2D eigenvalue weighted by molar-refractivity contribution is 5.92. The van der Waals surface area contributed by atoms with Crippen molar-refractivity contribution in [3.63, 3.8) is 0 Å². The van der Waals surface area contributed by atoms with Crippen LogP contribution in [0.2, 0.25) is 0 Å². The summed E-state index contributed by atoms with van der Waals surface area (Å²) in [6.07, 6.45) is 3.94. The van der Waals surface area contributed by atoms with E-state index in [1.807, 2.05) is 17.9 Å². The summed E-state index contributed by atoms with van der Waals surface area (Å²) in [4.78, 5) is 24.9. The van der Waals surface area contributed by atoms with Gasteiger partial charge in [0.2, 0.25) is 0 Å². The van der Waals surface area contributed by atoms with Gasteiger partial charge in [-0.2, -0.15) is 5.10 Å². The number of likely N-dealkylation sites (N-methyl/N-ethyl adjacent to an activating group) is 1. The van der Waals surface area contributed by atoms with Gasteiger partial charge < -0.3 is 10.4 Å². The highest BCUT2D eigenvalue weighted by Crippen LogP contribution is 2.39. The second kappa shape index (κ2) is 6.08. The fourth-order valence-corrected chi connectivity index (χ4v) is 2.99. The topological polar surface area (TPSA) is 98.3 Å². The number of carbonyl (C=O) groups excluding carboxylic acids is 1. The Balaban J connectivity index is 1.46. The van der Waals surface area contributed by atoms with Crippen molar-refractivity contribution in [2.45, 2.75) is 50.6 Å². The van der Waals surface area contributed by atoms with Crippen LogP contribution in [0, 0.1) is 0 Å². The van der Waals surface area contributed by atoms with Gasteiger partial charge in [-0.3, -0.25) is 19.6 Å². The van der Waals surface area contributed by atoms with E-state index in [9.17, 15) is 9.59 Å². The minimum atomic E-state index is -0.807. The minimum Gasteiger partial charge on any atom is -0.480 e. The molecule has 0 saturated heterocycles. The Morgan fingerprint density at radius 1 is 1.45 bits per heavy atom. The maximum Gasteiger partial charge on any atom is 0.317 e. The van der Waals surface area contributed by atoms with Crippen molar-refractivity contribution in [1.29, 1.82) is 0 Å². The van der Waals surface area contributed by atoms with Crippen LogP contribution < -0.4 is 5.32 Å². The number of rotatable bonds is 7. The maximum absolute atomic E-state index is 12.1. The molecule has 22 heavy (non-hydrogen) atoms. The minimum absolute atomic E-state index is 0.0615. The second-order valence-electron chi connectivity index (χ2n) is 6.24. The lowest BCUT2D eigenvalue weighted by molar-refractivity contribution is -0.139. The lowest BCUT2D eigenvalue weighted by atomic mass is 9.85. The zero-order valence-corrected chi connectivity index (χ0v) is 12.7. The van der Waals surface area contributed by atoms with Crippen LogP contribution in [0.25, 0.3) is 0 Å². The first-order valence-corrected chi connectivity index (χ1v) is 7.88. The van der Waals surface area contributed by atoms with Crippen molar-refractivity contribution in [3.8, 4) is 0 Å². The molecule has 1 heterocycles. The third-order valence-electron chi connectivity index (χ3n) is 4.56. The number of nitrogens with zero attached hydrogens (tertiary/aromatic N) is 2. The molecule has 7 nitrogen and oxygen atoms in total. The maximum atomic E-state index is 12.1. The molecular weight excluding hydrogens is 284 g/mol. The molecule has 7 heteroatoms. The lowest BCUT2D eigenvalue weighted by Gasteiger charge is -2.42. The van der Waals surface area contributed by atoms with E-state index >= 15 is 0 Å². The van der Waals surface area contributed by atoms with Gasteiger partial charge in [-0.15, -0.1) is 0 Å². The molecular formula is C15H22N4O3. The highest BCUT2D eigenvalue weighted by atomic mass is 16.4. The number of carboxylic acid groups (broad SMARTS) is 1. The monoisotopic (exact) mass is 306 g/mol. The Morgan fingerprint density at radius 2 is 2.18 bits per heavy atom. The van der Waals surface area contributed by atoms with Gasteiger partial charge in [0, 0.05) is 23.7 Å². The summed E-state index contributed by atoms with van der Waals surface area (Å²) < 4.78 is 0. The van der Waals surface area contributed by atoms with E-state index in [0.717, 1.165) is 18.5 Å². The molecule has 0 bridgehead atoms. The SMILES string of the molecule is CCN(CC(=O)O)C1CC(NC(=O)c2cc(C3CC3)[nH]n2)C1. The summed E-state index contributed by atoms with van der Waals surface area (Å²) in [5.41, 5.74) is 1.50. The van der Waals surface area contributed by atoms with Gasteiger partial charge in [-0.25, -0.2) is 0 Å². The predicted molar refractivity (Wildman–Crippen MR) is 79.7 cm³/mol. The summed E-state index contributed by atoms with van der Waals surface area (Å²) in [5.74, 6) is -0.400. The number of hydrogen-bond donors (Lipinski definition) is 3. The van der Waals surface area contributed by atoms with Crippen LogP contribution in [-0.2, 0) is 4.79 Å². The molecule has 1 aromatic heterocycles.